The molecule has 1 saturated carbocycles. The fourth-order valence-corrected chi connectivity index (χ4v) is 2.91. The van der Waals surface area contributed by atoms with Crippen molar-refractivity contribution in [2.45, 2.75) is 32.2 Å². The lowest BCUT2D eigenvalue weighted by molar-refractivity contribution is 0.103. The van der Waals surface area contributed by atoms with E-state index < -0.39 is 0 Å². The van der Waals surface area contributed by atoms with E-state index in [2.05, 4.69) is 5.10 Å². The molecule has 2 aromatic rings. The van der Waals surface area contributed by atoms with E-state index in [-0.39, 0.29) is 27.8 Å². The van der Waals surface area contributed by atoms with Crippen LogP contribution in [-0.2, 0) is 6.54 Å². The van der Waals surface area contributed by atoms with Crippen molar-refractivity contribution in [1.82, 2.24) is 9.78 Å². The Bertz CT molecular complexity index is 772. The Morgan fingerprint density at radius 1 is 1.38 bits per heavy atom. The number of carbonyl (C=O) groups excluding carboxylic acids is 1. The Kier molecular flexibility index (Phi) is 3.68. The number of halogens is 2. The summed E-state index contributed by atoms with van der Waals surface area (Å²) < 4.78 is 1.46. The molecule has 0 radical (unpaired) electrons. The standard InChI is InChI=1S/C15H14Cl2N2O2/c1-2-19-15(21)12(13(18-19)8-3-4-8)14(20)10-6-5-9(16)7-11(10)17/h5-8,18H,2-4H2,1H3. The lowest BCUT2D eigenvalue weighted by Gasteiger charge is -2.03. The number of hydrogen-bond donors (Lipinski definition) is 1. The number of carbonyl (C=O) groups is 1. The van der Waals surface area contributed by atoms with Crippen LogP contribution in [0.25, 0.3) is 0 Å². The summed E-state index contributed by atoms with van der Waals surface area (Å²) in [6.45, 7) is 2.36. The summed E-state index contributed by atoms with van der Waals surface area (Å²) in [4.78, 5) is 25.1. The maximum absolute atomic E-state index is 12.7. The highest BCUT2D eigenvalue weighted by atomic mass is 35.5. The van der Waals surface area contributed by atoms with E-state index in [1.165, 1.54) is 10.7 Å². The Labute approximate surface area is 131 Å². The Hall–Kier alpha value is -1.52. The van der Waals surface area contributed by atoms with Gasteiger partial charge in [0.1, 0.15) is 5.56 Å². The molecule has 21 heavy (non-hydrogen) atoms. The first-order valence-electron chi connectivity index (χ1n) is 6.85. The van der Waals surface area contributed by atoms with Crippen LogP contribution in [0.15, 0.2) is 23.0 Å². The minimum Gasteiger partial charge on any atom is -0.299 e. The number of H-pyrrole nitrogens is 1. The molecule has 110 valence electrons. The summed E-state index contributed by atoms with van der Waals surface area (Å²) in [6.07, 6.45) is 2.00. The van der Waals surface area contributed by atoms with E-state index in [0.29, 0.717) is 17.1 Å². The Morgan fingerprint density at radius 3 is 2.67 bits per heavy atom. The Balaban J connectivity index is 2.13. The third-order valence-corrected chi connectivity index (χ3v) is 4.24. The third-order valence-electron chi connectivity index (χ3n) is 3.69. The number of ketones is 1. The van der Waals surface area contributed by atoms with Gasteiger partial charge in [-0.2, -0.15) is 0 Å². The molecule has 0 unspecified atom stereocenters. The smallest absolute Gasteiger partial charge is 0.278 e. The molecule has 0 atom stereocenters. The molecule has 0 amide bonds. The number of aromatic nitrogens is 2. The molecule has 1 aliphatic carbocycles. The predicted octanol–water partition coefficient (Wildman–Crippen LogP) is 3.61. The lowest BCUT2D eigenvalue weighted by atomic mass is 10.0. The van der Waals surface area contributed by atoms with Gasteiger partial charge >= 0.3 is 0 Å². The van der Waals surface area contributed by atoms with Gasteiger partial charge in [-0.25, -0.2) is 0 Å². The quantitative estimate of drug-likeness (QED) is 0.873. The van der Waals surface area contributed by atoms with Gasteiger partial charge in [0.15, 0.2) is 0 Å². The monoisotopic (exact) mass is 324 g/mol. The SMILES string of the molecule is CCn1[nH]c(C2CC2)c(C(=O)c2ccc(Cl)cc2Cl)c1=O. The fourth-order valence-electron chi connectivity index (χ4n) is 2.42. The molecule has 4 nitrogen and oxygen atoms in total. The maximum atomic E-state index is 12.7. The highest BCUT2D eigenvalue weighted by molar-refractivity contribution is 6.37. The zero-order chi connectivity index (χ0) is 15.1. The number of nitrogens with one attached hydrogen (secondary N) is 1. The van der Waals surface area contributed by atoms with Gasteiger partial charge in [-0.3, -0.25) is 19.4 Å². The molecule has 1 aromatic carbocycles. The number of rotatable bonds is 4. The van der Waals surface area contributed by atoms with Gasteiger partial charge in [0.2, 0.25) is 5.78 Å². The number of benzene rings is 1. The summed E-state index contributed by atoms with van der Waals surface area (Å²) >= 11 is 11.9. The first kappa shape index (κ1) is 14.4. The fraction of sp³-hybridized carbons (Fsp3) is 0.333. The van der Waals surface area contributed by atoms with E-state index in [1.54, 1.807) is 12.1 Å². The second-order valence-electron chi connectivity index (χ2n) is 5.18. The van der Waals surface area contributed by atoms with Crippen LogP contribution in [0.3, 0.4) is 0 Å². The van der Waals surface area contributed by atoms with Crippen molar-refractivity contribution in [3.63, 3.8) is 0 Å². The van der Waals surface area contributed by atoms with E-state index in [4.69, 9.17) is 23.2 Å². The van der Waals surface area contributed by atoms with E-state index in [9.17, 15) is 9.59 Å². The van der Waals surface area contributed by atoms with Gasteiger partial charge in [0.05, 0.1) is 10.7 Å². The molecule has 0 bridgehead atoms. The summed E-state index contributed by atoms with van der Waals surface area (Å²) in [7, 11) is 0. The van der Waals surface area contributed by atoms with Crippen molar-refractivity contribution in [3.8, 4) is 0 Å². The summed E-state index contributed by atoms with van der Waals surface area (Å²) in [5, 5.41) is 3.78. The highest BCUT2D eigenvalue weighted by Gasteiger charge is 2.33. The van der Waals surface area contributed by atoms with Crippen LogP contribution in [0.2, 0.25) is 10.0 Å². The molecule has 6 heteroatoms. The molecule has 1 aliphatic rings. The largest absolute Gasteiger partial charge is 0.299 e. The van der Waals surface area contributed by atoms with Gasteiger partial charge in [0.25, 0.3) is 5.56 Å². The van der Waals surface area contributed by atoms with Crippen LogP contribution >= 0.6 is 23.2 Å². The van der Waals surface area contributed by atoms with Crippen LogP contribution in [0.1, 0.15) is 47.3 Å². The number of aryl methyl sites for hydroxylation is 1. The molecule has 1 fully saturated rings. The molecular formula is C15H14Cl2N2O2. The molecule has 1 N–H and O–H groups in total. The Morgan fingerprint density at radius 2 is 2.10 bits per heavy atom. The molecule has 1 heterocycles. The van der Waals surface area contributed by atoms with Crippen molar-refractivity contribution in [2.75, 3.05) is 0 Å². The molecule has 3 rings (SSSR count). The van der Waals surface area contributed by atoms with Gasteiger partial charge in [-0.05, 0) is 38.0 Å². The van der Waals surface area contributed by atoms with E-state index in [0.717, 1.165) is 18.5 Å². The topological polar surface area (TPSA) is 54.9 Å². The molecule has 0 aliphatic heterocycles. The van der Waals surface area contributed by atoms with Crippen molar-refractivity contribution >= 4 is 29.0 Å². The zero-order valence-electron chi connectivity index (χ0n) is 11.5. The van der Waals surface area contributed by atoms with Gasteiger partial charge in [0, 0.05) is 23.0 Å². The maximum Gasteiger partial charge on any atom is 0.278 e. The average molecular weight is 325 g/mol. The second-order valence-corrected chi connectivity index (χ2v) is 6.02. The normalized spacial score (nSPS) is 14.4. The predicted molar refractivity (Wildman–Crippen MR) is 82.6 cm³/mol. The number of nitrogens with zero attached hydrogens (tertiary/aromatic N) is 1. The second kappa shape index (κ2) is 5.35. The first-order valence-corrected chi connectivity index (χ1v) is 7.61. The van der Waals surface area contributed by atoms with Crippen LogP contribution in [0, 0.1) is 0 Å². The molecule has 0 saturated heterocycles. The summed E-state index contributed by atoms with van der Waals surface area (Å²) in [5.74, 6) is -0.0671. The lowest BCUT2D eigenvalue weighted by Crippen LogP contribution is -2.21. The first-order chi connectivity index (χ1) is 10.0. The minimum absolute atomic E-state index is 0.212. The van der Waals surface area contributed by atoms with Crippen LogP contribution in [-0.4, -0.2) is 15.6 Å². The van der Waals surface area contributed by atoms with Gasteiger partial charge in [-0.1, -0.05) is 23.2 Å². The van der Waals surface area contributed by atoms with Crippen LogP contribution in [0.4, 0.5) is 0 Å². The van der Waals surface area contributed by atoms with Crippen LogP contribution in [0.5, 0.6) is 0 Å². The van der Waals surface area contributed by atoms with Gasteiger partial charge < -0.3 is 0 Å². The summed E-state index contributed by atoms with van der Waals surface area (Å²) in [6, 6.07) is 4.67. The highest BCUT2D eigenvalue weighted by Crippen LogP contribution is 2.40. The molecule has 1 aromatic heterocycles. The summed E-state index contributed by atoms with van der Waals surface area (Å²) in [5.41, 5.74) is 0.971. The van der Waals surface area contributed by atoms with Gasteiger partial charge in [-0.15, -0.1) is 0 Å². The number of aromatic amines is 1. The van der Waals surface area contributed by atoms with E-state index >= 15 is 0 Å². The van der Waals surface area contributed by atoms with Crippen LogP contribution < -0.4 is 5.56 Å². The third kappa shape index (κ3) is 2.54. The average Bonchev–Trinajstić information content (AvgIpc) is 3.22. The molecule has 0 spiro atoms. The van der Waals surface area contributed by atoms with Crippen molar-refractivity contribution in [2.24, 2.45) is 0 Å². The minimum atomic E-state index is -0.341. The van der Waals surface area contributed by atoms with E-state index in [1.807, 2.05) is 6.92 Å². The van der Waals surface area contributed by atoms with Crippen molar-refractivity contribution < 1.29 is 4.79 Å². The van der Waals surface area contributed by atoms with Crippen molar-refractivity contribution in [1.29, 1.82) is 0 Å². The number of hydrogen-bond acceptors (Lipinski definition) is 2. The van der Waals surface area contributed by atoms with Crippen molar-refractivity contribution in [3.05, 3.63) is 55.4 Å². The molecular weight excluding hydrogens is 311 g/mol. The zero-order valence-corrected chi connectivity index (χ0v) is 13.0.